The van der Waals surface area contributed by atoms with Gasteiger partial charge in [0.15, 0.2) is 0 Å². The smallest absolute Gasteiger partial charge is 0.100 e. The Hall–Kier alpha value is -8.28. The van der Waals surface area contributed by atoms with Gasteiger partial charge >= 0.3 is 0 Å². The van der Waals surface area contributed by atoms with Gasteiger partial charge in [0.05, 0.1) is 22.3 Å². The minimum absolute atomic E-state index is 0.523. The van der Waals surface area contributed by atoms with Crippen LogP contribution in [-0.2, 0) is 25.7 Å². The maximum atomic E-state index is 11.2. The number of nitrogens with zero attached hydrogens (tertiary/aromatic N) is 4. The van der Waals surface area contributed by atoms with Crippen LogP contribution in [0.2, 0.25) is 0 Å². The summed E-state index contributed by atoms with van der Waals surface area (Å²) in [6.45, 7) is 0. The monoisotopic (exact) mass is 756 g/mol. The molecule has 5 aliphatic carbocycles. The molecule has 0 N–H and O–H groups in total. The van der Waals surface area contributed by atoms with E-state index in [1.807, 2.05) is 48.5 Å². The Labute approximate surface area is 346 Å². The van der Waals surface area contributed by atoms with Crippen LogP contribution in [0.1, 0.15) is 89.0 Å². The zero-order valence-corrected chi connectivity index (χ0v) is 32.2. The van der Waals surface area contributed by atoms with Crippen molar-refractivity contribution in [1.29, 1.82) is 21.0 Å². The molecule has 0 fully saturated rings. The second kappa shape index (κ2) is 11.7. The minimum atomic E-state index is 0.523. The average Bonchev–Trinajstić information content (AvgIpc) is 3.67. The maximum Gasteiger partial charge on any atom is 0.100 e. The van der Waals surface area contributed by atoms with Crippen LogP contribution in [0.3, 0.4) is 0 Å². The fourth-order valence-corrected chi connectivity index (χ4v) is 11.2. The molecule has 8 bridgehead atoms. The van der Waals surface area contributed by atoms with Crippen LogP contribution in [0.15, 0.2) is 97.1 Å². The normalized spacial score (nSPS) is 13.5. The highest BCUT2D eigenvalue weighted by Gasteiger charge is 2.34. The van der Waals surface area contributed by atoms with Gasteiger partial charge in [0.1, 0.15) is 24.3 Å². The summed E-state index contributed by atoms with van der Waals surface area (Å²) in [5, 5.41) is 47.8. The summed E-state index contributed by atoms with van der Waals surface area (Å²) in [6.07, 6.45) is 11.6. The van der Waals surface area contributed by atoms with E-state index in [1.54, 1.807) is 0 Å². The van der Waals surface area contributed by atoms with Crippen molar-refractivity contribution < 1.29 is 0 Å². The summed E-state index contributed by atoms with van der Waals surface area (Å²) in [5.74, 6) is 0. The summed E-state index contributed by atoms with van der Waals surface area (Å²) in [6, 6.07) is 44.5. The number of fused-ring (bicyclic) bond motifs is 8. The Balaban J connectivity index is 1.28. The molecule has 0 saturated carbocycles. The maximum absolute atomic E-state index is 11.2. The molecule has 60 heavy (non-hydrogen) atoms. The lowest BCUT2D eigenvalue weighted by atomic mass is 9.80. The first-order valence-corrected chi connectivity index (χ1v) is 20.3. The fourth-order valence-electron chi connectivity index (χ4n) is 11.2. The second-order valence-electron chi connectivity index (χ2n) is 16.7. The molecule has 8 aromatic rings. The number of hydrogen-bond acceptors (Lipinski definition) is 4. The molecule has 0 saturated heterocycles. The van der Waals surface area contributed by atoms with Crippen molar-refractivity contribution in [3.8, 4) is 68.8 Å². The van der Waals surface area contributed by atoms with Crippen molar-refractivity contribution in [2.45, 2.75) is 25.7 Å². The molecule has 0 atom stereocenters. The molecule has 13 rings (SSSR count). The van der Waals surface area contributed by atoms with Crippen molar-refractivity contribution in [3.63, 3.8) is 0 Å². The van der Waals surface area contributed by atoms with Crippen molar-refractivity contribution >= 4 is 45.8 Å². The summed E-state index contributed by atoms with van der Waals surface area (Å²) in [5.41, 5.74) is 22.8. The first kappa shape index (κ1) is 32.8. The molecule has 0 heterocycles. The average molecular weight is 757 g/mol. The van der Waals surface area contributed by atoms with Gasteiger partial charge in [-0.05, 0) is 139 Å². The van der Waals surface area contributed by atoms with Crippen LogP contribution in [0.25, 0.3) is 90.4 Å². The molecule has 0 aromatic heterocycles. The molecule has 8 aromatic carbocycles. The minimum Gasteiger partial charge on any atom is -0.192 e. The van der Waals surface area contributed by atoms with Gasteiger partial charge in [-0.15, -0.1) is 0 Å². The lowest BCUT2D eigenvalue weighted by Gasteiger charge is -2.21. The molecular formula is C56H28N4. The van der Waals surface area contributed by atoms with E-state index in [0.717, 1.165) is 112 Å². The predicted octanol–water partition coefficient (Wildman–Crippen LogP) is 12.4. The quantitative estimate of drug-likeness (QED) is 0.154. The molecule has 0 amide bonds. The Bertz CT molecular complexity index is 3460. The number of rotatable bonds is 0. The van der Waals surface area contributed by atoms with Gasteiger partial charge in [0, 0.05) is 43.8 Å². The molecule has 0 unspecified atom stereocenters. The van der Waals surface area contributed by atoms with Gasteiger partial charge in [-0.3, -0.25) is 0 Å². The second-order valence-corrected chi connectivity index (χ2v) is 16.7. The largest absolute Gasteiger partial charge is 0.192 e. The van der Waals surface area contributed by atoms with E-state index in [4.69, 9.17) is 0 Å². The lowest BCUT2D eigenvalue weighted by molar-refractivity contribution is 1.09. The van der Waals surface area contributed by atoms with Gasteiger partial charge in [0.2, 0.25) is 0 Å². The fraction of sp³-hybridized carbons (Fsp3) is 0.0714. The molecule has 0 aliphatic heterocycles. The van der Waals surface area contributed by atoms with Crippen LogP contribution in [-0.4, -0.2) is 0 Å². The Morgan fingerprint density at radius 2 is 0.567 bits per heavy atom. The van der Waals surface area contributed by atoms with Crippen LogP contribution in [0.4, 0.5) is 0 Å². The summed E-state index contributed by atoms with van der Waals surface area (Å²) in [4.78, 5) is 0. The Morgan fingerprint density at radius 3 is 0.900 bits per heavy atom. The Kier molecular flexibility index (Phi) is 6.37. The topological polar surface area (TPSA) is 95.2 Å². The van der Waals surface area contributed by atoms with E-state index in [1.165, 1.54) is 33.4 Å². The van der Waals surface area contributed by atoms with Crippen LogP contribution in [0.5, 0.6) is 0 Å². The summed E-state index contributed by atoms with van der Waals surface area (Å²) >= 11 is 0. The van der Waals surface area contributed by atoms with E-state index < -0.39 is 0 Å². The number of nitriles is 4. The van der Waals surface area contributed by atoms with Gasteiger partial charge in [-0.1, -0.05) is 97.1 Å². The number of benzene rings is 8. The van der Waals surface area contributed by atoms with Crippen LogP contribution in [0, 0.1) is 45.3 Å². The third-order valence-corrected chi connectivity index (χ3v) is 13.8. The van der Waals surface area contributed by atoms with E-state index in [9.17, 15) is 21.0 Å². The highest BCUT2D eigenvalue weighted by molar-refractivity contribution is 6.11. The summed E-state index contributed by atoms with van der Waals surface area (Å²) < 4.78 is 0. The molecule has 272 valence electrons. The molecule has 0 radical (unpaired) electrons. The van der Waals surface area contributed by atoms with Crippen molar-refractivity contribution in [3.05, 3.63) is 186 Å². The van der Waals surface area contributed by atoms with Crippen molar-refractivity contribution in [1.82, 2.24) is 0 Å². The SMILES string of the molecule is N#Cc1c2c(c(C#N)c3ccccc13)-c1cc3c4cc1Cc1cc5c(cc1-2)C=Cc1cc2c(cc1C5)Cc1cc(c(cc1C=C2)-c1c-3c(C#N)c2ccccc2c1C#N)C4. The zero-order chi connectivity index (χ0) is 40.0. The van der Waals surface area contributed by atoms with Gasteiger partial charge in [0.25, 0.3) is 0 Å². The first-order chi connectivity index (χ1) is 29.5. The third kappa shape index (κ3) is 4.20. The summed E-state index contributed by atoms with van der Waals surface area (Å²) in [7, 11) is 0. The molecule has 0 spiro atoms. The van der Waals surface area contributed by atoms with Crippen molar-refractivity contribution in [2.24, 2.45) is 0 Å². The molecular weight excluding hydrogens is 729 g/mol. The molecule has 4 nitrogen and oxygen atoms in total. The van der Waals surface area contributed by atoms with Crippen molar-refractivity contribution in [2.75, 3.05) is 0 Å². The third-order valence-electron chi connectivity index (χ3n) is 13.8. The standard InChI is InChI=1S/C56H28N4/c57-25-49-41-5-1-3-7-43(41)51(27-59)55-47-24-48-40-20-38-18-36-16-34-14-33-15-35-17-37(19-39(47)21-40)45(53(49)55)22-31(35)11-9-29(33)13-30(34)10-12-32(36)23-46(38)54-50(26-58)42-6-2-4-8-44(42)52(28-60)56(48)54/h1-14,17-18,21-24H,15-16,19-20H2. The van der Waals surface area contributed by atoms with Gasteiger partial charge in [-0.25, -0.2) is 0 Å². The van der Waals surface area contributed by atoms with Crippen LogP contribution < -0.4 is 0 Å². The van der Waals surface area contributed by atoms with E-state index in [2.05, 4.69) is 97.1 Å². The highest BCUT2D eigenvalue weighted by atomic mass is 14.4. The Morgan fingerprint density at radius 1 is 0.300 bits per heavy atom. The first-order valence-electron chi connectivity index (χ1n) is 20.3. The number of hydrogen-bond donors (Lipinski definition) is 0. The molecule has 5 aliphatic rings. The highest BCUT2D eigenvalue weighted by Crippen LogP contribution is 2.54. The van der Waals surface area contributed by atoms with Crippen LogP contribution >= 0.6 is 0 Å². The molecule has 4 heteroatoms. The predicted molar refractivity (Wildman–Crippen MR) is 238 cm³/mol. The zero-order valence-electron chi connectivity index (χ0n) is 32.2. The van der Waals surface area contributed by atoms with E-state index in [-0.39, 0.29) is 0 Å². The van der Waals surface area contributed by atoms with E-state index in [0.29, 0.717) is 35.1 Å². The van der Waals surface area contributed by atoms with E-state index >= 15 is 0 Å². The lowest BCUT2D eigenvalue weighted by Crippen LogP contribution is -2.02. The van der Waals surface area contributed by atoms with Gasteiger partial charge < -0.3 is 0 Å². The van der Waals surface area contributed by atoms with Gasteiger partial charge in [-0.2, -0.15) is 21.0 Å².